The van der Waals surface area contributed by atoms with E-state index in [-0.39, 0.29) is 16.3 Å². The minimum atomic E-state index is -1.10. The number of esters is 1. The molecule has 0 saturated carbocycles. The molecule has 0 spiro atoms. The standard InChI is InChI=1S/C16H16ClN3O4S/c1-7-6-8(2)19-12(17)11(7)16(23)24-9(3)14(22)20-15-10(13(18)21)4-5-25-15/h4-6,9H,1-3H3,(H2,18,21)(H,20,22)/t9-/m0/s1. The molecule has 2 rings (SSSR count). The summed E-state index contributed by atoms with van der Waals surface area (Å²) in [6, 6.07) is 3.19. The summed E-state index contributed by atoms with van der Waals surface area (Å²) in [5.74, 6) is -2.00. The lowest BCUT2D eigenvalue weighted by Gasteiger charge is -2.15. The van der Waals surface area contributed by atoms with Crippen LogP contribution in [0.3, 0.4) is 0 Å². The molecule has 9 heteroatoms. The number of nitrogens with zero attached hydrogens (tertiary/aromatic N) is 1. The number of thiophene rings is 1. The van der Waals surface area contributed by atoms with Crippen LogP contribution in [0.25, 0.3) is 0 Å². The molecule has 132 valence electrons. The van der Waals surface area contributed by atoms with Gasteiger partial charge in [-0.2, -0.15) is 0 Å². The van der Waals surface area contributed by atoms with E-state index in [1.807, 2.05) is 0 Å². The largest absolute Gasteiger partial charge is 0.449 e. The molecule has 7 nitrogen and oxygen atoms in total. The Bertz CT molecular complexity index is 827. The Morgan fingerprint density at radius 2 is 2.04 bits per heavy atom. The number of carbonyl (C=O) groups is 3. The van der Waals surface area contributed by atoms with Crippen LogP contribution in [0.2, 0.25) is 5.15 Å². The van der Waals surface area contributed by atoms with Gasteiger partial charge in [0.15, 0.2) is 6.10 Å². The van der Waals surface area contributed by atoms with E-state index in [0.29, 0.717) is 16.3 Å². The zero-order valence-corrected chi connectivity index (χ0v) is 15.3. The van der Waals surface area contributed by atoms with Gasteiger partial charge in [0.25, 0.3) is 11.8 Å². The number of nitrogens with two attached hydrogens (primary N) is 1. The van der Waals surface area contributed by atoms with Crippen molar-refractivity contribution in [3.05, 3.63) is 45.1 Å². The summed E-state index contributed by atoms with van der Waals surface area (Å²) < 4.78 is 5.16. The van der Waals surface area contributed by atoms with E-state index in [2.05, 4.69) is 10.3 Å². The van der Waals surface area contributed by atoms with E-state index < -0.39 is 23.9 Å². The van der Waals surface area contributed by atoms with Crippen molar-refractivity contribution in [1.82, 2.24) is 4.98 Å². The summed E-state index contributed by atoms with van der Waals surface area (Å²) in [6.45, 7) is 4.86. The Balaban J connectivity index is 2.10. The van der Waals surface area contributed by atoms with Crippen molar-refractivity contribution in [3.8, 4) is 0 Å². The number of aryl methyl sites for hydroxylation is 2. The highest BCUT2D eigenvalue weighted by atomic mass is 35.5. The molecule has 0 fully saturated rings. The first kappa shape index (κ1) is 18.9. The van der Waals surface area contributed by atoms with Crippen molar-refractivity contribution in [2.24, 2.45) is 5.73 Å². The summed E-state index contributed by atoms with van der Waals surface area (Å²) in [6.07, 6.45) is -1.10. The van der Waals surface area contributed by atoms with Crippen LogP contribution < -0.4 is 11.1 Å². The summed E-state index contributed by atoms with van der Waals surface area (Å²) in [5, 5.41) is 4.45. The van der Waals surface area contributed by atoms with Crippen LogP contribution in [-0.4, -0.2) is 28.9 Å². The zero-order chi connectivity index (χ0) is 18.7. The number of aromatic nitrogens is 1. The number of halogens is 1. The zero-order valence-electron chi connectivity index (χ0n) is 13.8. The molecule has 25 heavy (non-hydrogen) atoms. The monoisotopic (exact) mass is 381 g/mol. The van der Waals surface area contributed by atoms with Crippen LogP contribution in [-0.2, 0) is 9.53 Å². The quantitative estimate of drug-likeness (QED) is 0.611. The molecule has 0 unspecified atom stereocenters. The van der Waals surface area contributed by atoms with Gasteiger partial charge < -0.3 is 15.8 Å². The number of nitrogens with one attached hydrogen (secondary N) is 1. The van der Waals surface area contributed by atoms with Crippen LogP contribution in [0.1, 0.15) is 38.9 Å². The normalized spacial score (nSPS) is 11.7. The van der Waals surface area contributed by atoms with Crippen molar-refractivity contribution >= 4 is 45.7 Å². The summed E-state index contributed by atoms with van der Waals surface area (Å²) in [4.78, 5) is 39.8. The van der Waals surface area contributed by atoms with E-state index in [0.717, 1.165) is 11.3 Å². The second-order valence-electron chi connectivity index (χ2n) is 5.31. The summed E-state index contributed by atoms with van der Waals surface area (Å²) >= 11 is 7.14. The maximum atomic E-state index is 12.3. The molecule has 2 aromatic rings. The number of pyridine rings is 1. The Labute approximate surface area is 153 Å². The number of primary amides is 1. The molecule has 2 aromatic heterocycles. The lowest BCUT2D eigenvalue weighted by Crippen LogP contribution is -2.30. The van der Waals surface area contributed by atoms with E-state index in [4.69, 9.17) is 22.1 Å². The molecule has 0 radical (unpaired) electrons. The molecule has 0 aliphatic heterocycles. The van der Waals surface area contributed by atoms with Gasteiger partial charge in [-0.3, -0.25) is 9.59 Å². The lowest BCUT2D eigenvalue weighted by molar-refractivity contribution is -0.123. The van der Waals surface area contributed by atoms with E-state index in [9.17, 15) is 14.4 Å². The van der Waals surface area contributed by atoms with Gasteiger partial charge in [-0.1, -0.05) is 11.6 Å². The SMILES string of the molecule is Cc1cc(C)c(C(=O)O[C@@H](C)C(=O)Nc2sccc2C(N)=O)c(Cl)n1. The van der Waals surface area contributed by atoms with Gasteiger partial charge >= 0.3 is 5.97 Å². The Morgan fingerprint density at radius 1 is 1.36 bits per heavy atom. The van der Waals surface area contributed by atoms with Crippen molar-refractivity contribution < 1.29 is 19.1 Å². The fourth-order valence-corrected chi connectivity index (χ4v) is 3.28. The number of hydrogen-bond acceptors (Lipinski definition) is 6. The van der Waals surface area contributed by atoms with Crippen molar-refractivity contribution in [3.63, 3.8) is 0 Å². The predicted molar refractivity (Wildman–Crippen MR) is 95.1 cm³/mol. The van der Waals surface area contributed by atoms with Crippen LogP contribution in [0.15, 0.2) is 17.5 Å². The molecule has 0 aromatic carbocycles. The van der Waals surface area contributed by atoms with Gasteiger partial charge in [0.05, 0.1) is 11.1 Å². The Morgan fingerprint density at radius 3 is 2.64 bits per heavy atom. The average molecular weight is 382 g/mol. The van der Waals surface area contributed by atoms with E-state index in [1.54, 1.807) is 25.3 Å². The van der Waals surface area contributed by atoms with E-state index in [1.165, 1.54) is 13.0 Å². The highest BCUT2D eigenvalue weighted by Gasteiger charge is 2.24. The first-order valence-corrected chi connectivity index (χ1v) is 8.49. The molecule has 0 bridgehead atoms. The number of ether oxygens (including phenoxy) is 1. The van der Waals surface area contributed by atoms with Gasteiger partial charge in [0.1, 0.15) is 10.2 Å². The third-order valence-corrected chi connectivity index (χ3v) is 4.43. The van der Waals surface area contributed by atoms with Gasteiger partial charge in [-0.25, -0.2) is 9.78 Å². The first-order valence-electron chi connectivity index (χ1n) is 7.23. The second kappa shape index (κ2) is 7.62. The van der Waals surface area contributed by atoms with Crippen molar-refractivity contribution in [2.75, 3.05) is 5.32 Å². The number of amides is 2. The number of carbonyl (C=O) groups excluding carboxylic acids is 3. The van der Waals surface area contributed by atoms with Crippen LogP contribution in [0.5, 0.6) is 0 Å². The Kier molecular flexibility index (Phi) is 5.76. The molecule has 0 saturated heterocycles. The lowest BCUT2D eigenvalue weighted by atomic mass is 10.1. The summed E-state index contributed by atoms with van der Waals surface area (Å²) in [5.41, 5.74) is 6.80. The first-order chi connectivity index (χ1) is 11.7. The number of hydrogen-bond donors (Lipinski definition) is 2. The molecule has 1 atom stereocenters. The van der Waals surface area contributed by atoms with Crippen molar-refractivity contribution in [2.45, 2.75) is 26.9 Å². The predicted octanol–water partition coefficient (Wildman–Crippen LogP) is 2.70. The highest BCUT2D eigenvalue weighted by molar-refractivity contribution is 7.14. The highest BCUT2D eigenvalue weighted by Crippen LogP contribution is 2.24. The smallest absolute Gasteiger partial charge is 0.342 e. The number of anilines is 1. The van der Waals surface area contributed by atoms with Crippen LogP contribution >= 0.6 is 22.9 Å². The van der Waals surface area contributed by atoms with Gasteiger partial charge in [-0.15, -0.1) is 11.3 Å². The minimum absolute atomic E-state index is 0.0179. The molecular formula is C16H16ClN3O4S. The molecular weight excluding hydrogens is 366 g/mol. The Hall–Kier alpha value is -2.45. The minimum Gasteiger partial charge on any atom is -0.449 e. The maximum absolute atomic E-state index is 12.3. The number of rotatable bonds is 5. The van der Waals surface area contributed by atoms with Gasteiger partial charge in [-0.05, 0) is 43.8 Å². The van der Waals surface area contributed by atoms with E-state index >= 15 is 0 Å². The third-order valence-electron chi connectivity index (χ3n) is 3.33. The molecule has 0 aliphatic rings. The fourth-order valence-electron chi connectivity index (χ4n) is 2.12. The molecule has 0 aliphatic carbocycles. The third kappa shape index (κ3) is 4.34. The molecule has 2 heterocycles. The second-order valence-corrected chi connectivity index (χ2v) is 6.58. The van der Waals surface area contributed by atoms with Crippen LogP contribution in [0, 0.1) is 13.8 Å². The maximum Gasteiger partial charge on any atom is 0.342 e. The van der Waals surface area contributed by atoms with Crippen LogP contribution in [0.4, 0.5) is 5.00 Å². The summed E-state index contributed by atoms with van der Waals surface area (Å²) in [7, 11) is 0. The van der Waals surface area contributed by atoms with Gasteiger partial charge in [0.2, 0.25) is 0 Å². The van der Waals surface area contributed by atoms with Crippen molar-refractivity contribution in [1.29, 1.82) is 0 Å². The average Bonchev–Trinajstić information content (AvgIpc) is 2.94. The fraction of sp³-hybridized carbons (Fsp3) is 0.250. The topological polar surface area (TPSA) is 111 Å². The molecule has 2 amide bonds. The van der Waals surface area contributed by atoms with Gasteiger partial charge in [0, 0.05) is 5.69 Å². The molecule has 3 N–H and O–H groups in total.